The monoisotopic (exact) mass is 336 g/mol. The zero-order chi connectivity index (χ0) is 17.1. The molecule has 0 radical (unpaired) electrons. The lowest BCUT2D eigenvalue weighted by molar-refractivity contribution is 0.173. The first-order valence-corrected chi connectivity index (χ1v) is 8.45. The number of aromatic nitrogens is 4. The van der Waals surface area contributed by atoms with Crippen LogP contribution in [0.4, 0.5) is 5.82 Å². The second-order valence-electron chi connectivity index (χ2n) is 6.07. The summed E-state index contributed by atoms with van der Waals surface area (Å²) in [4.78, 5) is 13.1. The maximum atomic E-state index is 5.90. The van der Waals surface area contributed by atoms with Crippen LogP contribution in [0.25, 0.3) is 11.5 Å². The predicted octanol–water partition coefficient (Wildman–Crippen LogP) is 2.41. The standard InChI is InChI=1S/C18H20N6O/c1-14(17-21-22-18(25-17)15-5-3-2-4-6-15)23-9-11-24(12-10-23)16-13-19-7-8-20-16/h2-8,13-14H,9-12H2,1H3. The first-order valence-electron chi connectivity index (χ1n) is 8.45. The van der Waals surface area contributed by atoms with E-state index in [0.717, 1.165) is 37.6 Å². The van der Waals surface area contributed by atoms with Crippen LogP contribution in [0.15, 0.2) is 53.3 Å². The Labute approximate surface area is 146 Å². The lowest BCUT2D eigenvalue weighted by Gasteiger charge is -2.37. The summed E-state index contributed by atoms with van der Waals surface area (Å²) < 4.78 is 5.90. The third-order valence-corrected chi connectivity index (χ3v) is 4.55. The minimum atomic E-state index is 0.0916. The summed E-state index contributed by atoms with van der Waals surface area (Å²) in [5.74, 6) is 2.16. The summed E-state index contributed by atoms with van der Waals surface area (Å²) in [6.45, 7) is 5.76. The third-order valence-electron chi connectivity index (χ3n) is 4.55. The summed E-state index contributed by atoms with van der Waals surface area (Å²) >= 11 is 0. The van der Waals surface area contributed by atoms with Crippen molar-refractivity contribution in [1.82, 2.24) is 25.1 Å². The van der Waals surface area contributed by atoms with Gasteiger partial charge in [0.1, 0.15) is 5.82 Å². The molecule has 3 heterocycles. The van der Waals surface area contributed by atoms with Crippen LogP contribution in [0.2, 0.25) is 0 Å². The highest BCUT2D eigenvalue weighted by molar-refractivity contribution is 5.51. The molecule has 1 saturated heterocycles. The van der Waals surface area contributed by atoms with Gasteiger partial charge in [-0.1, -0.05) is 18.2 Å². The molecule has 2 aromatic heterocycles. The zero-order valence-corrected chi connectivity index (χ0v) is 14.1. The van der Waals surface area contributed by atoms with Gasteiger partial charge >= 0.3 is 0 Å². The second kappa shape index (κ2) is 6.98. The van der Waals surface area contributed by atoms with E-state index in [9.17, 15) is 0 Å². The van der Waals surface area contributed by atoms with Crippen molar-refractivity contribution in [3.8, 4) is 11.5 Å². The van der Waals surface area contributed by atoms with E-state index in [0.29, 0.717) is 11.8 Å². The molecule has 1 aliphatic rings. The van der Waals surface area contributed by atoms with E-state index in [4.69, 9.17) is 4.42 Å². The number of anilines is 1. The van der Waals surface area contributed by atoms with Crippen LogP contribution in [-0.4, -0.2) is 51.2 Å². The highest BCUT2D eigenvalue weighted by atomic mass is 16.4. The van der Waals surface area contributed by atoms with Crippen molar-refractivity contribution >= 4 is 5.82 Å². The molecule has 0 aliphatic carbocycles. The molecule has 7 nitrogen and oxygen atoms in total. The lowest BCUT2D eigenvalue weighted by atomic mass is 10.2. The molecule has 0 saturated carbocycles. The van der Waals surface area contributed by atoms with Crippen molar-refractivity contribution in [2.45, 2.75) is 13.0 Å². The molecular weight excluding hydrogens is 316 g/mol. The van der Waals surface area contributed by atoms with Gasteiger partial charge < -0.3 is 9.32 Å². The average molecular weight is 336 g/mol. The number of piperazine rings is 1. The lowest BCUT2D eigenvalue weighted by Crippen LogP contribution is -2.47. The number of rotatable bonds is 4. The second-order valence-corrected chi connectivity index (χ2v) is 6.07. The van der Waals surface area contributed by atoms with Crippen LogP contribution in [0.5, 0.6) is 0 Å². The number of benzene rings is 1. The van der Waals surface area contributed by atoms with Crippen LogP contribution in [0, 0.1) is 0 Å². The third kappa shape index (κ3) is 3.36. The van der Waals surface area contributed by atoms with Gasteiger partial charge in [0.15, 0.2) is 0 Å². The minimum Gasteiger partial charge on any atom is -0.419 e. The van der Waals surface area contributed by atoms with E-state index >= 15 is 0 Å². The van der Waals surface area contributed by atoms with Gasteiger partial charge in [0.05, 0.1) is 12.2 Å². The zero-order valence-electron chi connectivity index (χ0n) is 14.1. The van der Waals surface area contributed by atoms with Gasteiger partial charge in [0, 0.05) is 44.1 Å². The van der Waals surface area contributed by atoms with Crippen LogP contribution >= 0.6 is 0 Å². The number of hydrogen-bond acceptors (Lipinski definition) is 7. The molecule has 7 heteroatoms. The fourth-order valence-corrected chi connectivity index (χ4v) is 3.05. The molecule has 25 heavy (non-hydrogen) atoms. The Morgan fingerprint density at radius 3 is 2.52 bits per heavy atom. The van der Waals surface area contributed by atoms with Crippen LogP contribution in [0.1, 0.15) is 18.9 Å². The molecule has 1 aliphatic heterocycles. The average Bonchev–Trinajstić information content (AvgIpc) is 3.19. The Morgan fingerprint density at radius 2 is 1.80 bits per heavy atom. The quantitative estimate of drug-likeness (QED) is 0.724. The molecular formula is C18H20N6O. The molecule has 1 unspecified atom stereocenters. The van der Waals surface area contributed by atoms with E-state index in [-0.39, 0.29) is 6.04 Å². The highest BCUT2D eigenvalue weighted by Gasteiger charge is 2.26. The van der Waals surface area contributed by atoms with Gasteiger partial charge in [-0.2, -0.15) is 0 Å². The Balaban J connectivity index is 1.41. The Morgan fingerprint density at radius 1 is 1.00 bits per heavy atom. The van der Waals surface area contributed by atoms with Crippen molar-refractivity contribution in [1.29, 1.82) is 0 Å². The first-order chi connectivity index (χ1) is 12.3. The molecule has 3 aromatic rings. The van der Waals surface area contributed by atoms with E-state index < -0.39 is 0 Å². The minimum absolute atomic E-state index is 0.0916. The topological polar surface area (TPSA) is 71.2 Å². The van der Waals surface area contributed by atoms with Crippen LogP contribution < -0.4 is 4.90 Å². The predicted molar refractivity (Wildman–Crippen MR) is 94.0 cm³/mol. The molecule has 128 valence electrons. The van der Waals surface area contributed by atoms with E-state index in [2.05, 4.69) is 36.9 Å². The molecule has 0 bridgehead atoms. The largest absolute Gasteiger partial charge is 0.419 e. The Kier molecular flexibility index (Phi) is 4.39. The van der Waals surface area contributed by atoms with Crippen molar-refractivity contribution < 1.29 is 4.42 Å². The van der Waals surface area contributed by atoms with E-state index in [1.54, 1.807) is 12.4 Å². The van der Waals surface area contributed by atoms with Gasteiger partial charge in [-0.05, 0) is 19.1 Å². The summed E-state index contributed by atoms with van der Waals surface area (Å²) in [5.41, 5.74) is 0.945. The highest BCUT2D eigenvalue weighted by Crippen LogP contribution is 2.25. The summed E-state index contributed by atoms with van der Waals surface area (Å²) in [7, 11) is 0. The molecule has 0 spiro atoms. The fourth-order valence-electron chi connectivity index (χ4n) is 3.05. The number of nitrogens with zero attached hydrogens (tertiary/aromatic N) is 6. The summed E-state index contributed by atoms with van der Waals surface area (Å²) in [6, 6.07) is 9.94. The normalized spacial score (nSPS) is 16.8. The maximum Gasteiger partial charge on any atom is 0.247 e. The van der Waals surface area contributed by atoms with Gasteiger partial charge in [-0.25, -0.2) is 4.98 Å². The fraction of sp³-hybridized carbons (Fsp3) is 0.333. The van der Waals surface area contributed by atoms with Gasteiger partial charge in [0.2, 0.25) is 11.8 Å². The van der Waals surface area contributed by atoms with Crippen molar-refractivity contribution in [2.75, 3.05) is 31.1 Å². The molecule has 1 fully saturated rings. The summed E-state index contributed by atoms with van der Waals surface area (Å²) in [5, 5.41) is 8.44. The van der Waals surface area contributed by atoms with Crippen molar-refractivity contribution in [2.24, 2.45) is 0 Å². The Bertz CT molecular complexity index is 799. The molecule has 4 rings (SSSR count). The SMILES string of the molecule is CC(c1nnc(-c2ccccc2)o1)N1CCN(c2cnccn2)CC1. The first kappa shape index (κ1) is 15.7. The van der Waals surface area contributed by atoms with Gasteiger partial charge in [-0.3, -0.25) is 9.88 Å². The van der Waals surface area contributed by atoms with Crippen molar-refractivity contribution in [3.63, 3.8) is 0 Å². The van der Waals surface area contributed by atoms with Gasteiger partial charge in [-0.15, -0.1) is 10.2 Å². The van der Waals surface area contributed by atoms with Crippen molar-refractivity contribution in [3.05, 3.63) is 54.8 Å². The molecule has 1 aromatic carbocycles. The van der Waals surface area contributed by atoms with Crippen LogP contribution in [0.3, 0.4) is 0 Å². The molecule has 0 amide bonds. The van der Waals surface area contributed by atoms with E-state index in [1.165, 1.54) is 0 Å². The van der Waals surface area contributed by atoms with E-state index in [1.807, 2.05) is 36.5 Å². The van der Waals surface area contributed by atoms with Gasteiger partial charge in [0.25, 0.3) is 0 Å². The Hall–Kier alpha value is -2.80. The number of hydrogen-bond donors (Lipinski definition) is 0. The molecule has 0 N–H and O–H groups in total. The maximum absolute atomic E-state index is 5.90. The summed E-state index contributed by atoms with van der Waals surface area (Å²) in [6.07, 6.45) is 5.23. The molecule has 1 atom stereocenters. The smallest absolute Gasteiger partial charge is 0.247 e. The van der Waals surface area contributed by atoms with Crippen LogP contribution in [-0.2, 0) is 0 Å².